The fourth-order valence-electron chi connectivity index (χ4n) is 3.89. The second-order valence-electron chi connectivity index (χ2n) is 6.99. The number of hydrogen-bond donors (Lipinski definition) is 1. The van der Waals surface area contributed by atoms with Gasteiger partial charge in [0.05, 0.1) is 6.42 Å². The van der Waals surface area contributed by atoms with E-state index < -0.39 is 5.97 Å². The van der Waals surface area contributed by atoms with Gasteiger partial charge < -0.3 is 14.9 Å². The summed E-state index contributed by atoms with van der Waals surface area (Å²) in [6, 6.07) is 0.317. The lowest BCUT2D eigenvalue weighted by molar-refractivity contribution is -0.142. The molecule has 1 saturated carbocycles. The summed E-state index contributed by atoms with van der Waals surface area (Å²) < 4.78 is 0. The van der Waals surface area contributed by atoms with Crippen LogP contribution in [0.2, 0.25) is 0 Å². The third-order valence-corrected chi connectivity index (χ3v) is 5.35. The zero-order valence-electron chi connectivity index (χ0n) is 13.3. The first-order valence-corrected chi connectivity index (χ1v) is 8.08. The molecule has 0 atom stereocenters. The molecule has 1 aliphatic heterocycles. The van der Waals surface area contributed by atoms with Crippen molar-refractivity contribution in [1.29, 1.82) is 0 Å². The monoisotopic (exact) mass is 296 g/mol. The van der Waals surface area contributed by atoms with Crippen molar-refractivity contribution in [1.82, 2.24) is 9.80 Å². The average molecular weight is 296 g/mol. The molecule has 2 rings (SSSR count). The van der Waals surface area contributed by atoms with Crippen LogP contribution in [0.3, 0.4) is 0 Å². The van der Waals surface area contributed by atoms with Crippen LogP contribution in [0.5, 0.6) is 0 Å². The zero-order chi connectivity index (χ0) is 15.5. The number of carboxylic acids is 1. The van der Waals surface area contributed by atoms with Gasteiger partial charge in [-0.3, -0.25) is 9.59 Å². The molecule has 1 heterocycles. The Labute approximate surface area is 127 Å². The largest absolute Gasteiger partial charge is 0.481 e. The van der Waals surface area contributed by atoms with E-state index in [9.17, 15) is 9.59 Å². The first-order chi connectivity index (χ1) is 9.92. The molecular formula is C16H28N2O3. The molecule has 2 aliphatic rings. The Balaban J connectivity index is 1.93. The number of aliphatic carboxylic acids is 1. The van der Waals surface area contributed by atoms with Crippen molar-refractivity contribution < 1.29 is 14.7 Å². The SMILES string of the molecule is CN1CCC(N(C)C(=O)CC2(CC(=O)O)CCCC2)CC1. The summed E-state index contributed by atoms with van der Waals surface area (Å²) in [4.78, 5) is 27.9. The van der Waals surface area contributed by atoms with Crippen LogP contribution in [0.25, 0.3) is 0 Å². The van der Waals surface area contributed by atoms with E-state index in [1.165, 1.54) is 0 Å². The van der Waals surface area contributed by atoms with E-state index >= 15 is 0 Å². The van der Waals surface area contributed by atoms with Crippen LogP contribution in [0.1, 0.15) is 51.4 Å². The molecule has 0 bridgehead atoms. The minimum absolute atomic E-state index is 0.132. The second kappa shape index (κ2) is 6.77. The van der Waals surface area contributed by atoms with Crippen LogP contribution >= 0.6 is 0 Å². The lowest BCUT2D eigenvalue weighted by atomic mass is 9.79. The molecule has 0 aromatic heterocycles. The van der Waals surface area contributed by atoms with Crippen molar-refractivity contribution in [2.45, 2.75) is 57.4 Å². The summed E-state index contributed by atoms with van der Waals surface area (Å²) in [5.74, 6) is -0.639. The summed E-state index contributed by atoms with van der Waals surface area (Å²) in [5.41, 5.74) is -0.289. The molecule has 0 aromatic carbocycles. The standard InChI is InChI=1S/C16H28N2O3/c1-17-9-5-13(6-10-17)18(2)14(19)11-16(12-15(20)21)7-3-4-8-16/h13H,3-12H2,1-2H3,(H,20,21). The molecule has 0 unspecified atom stereocenters. The van der Waals surface area contributed by atoms with Crippen LogP contribution in [-0.4, -0.2) is 60.0 Å². The van der Waals surface area contributed by atoms with Crippen molar-refractivity contribution in [3.63, 3.8) is 0 Å². The molecule has 1 N–H and O–H groups in total. The van der Waals surface area contributed by atoms with Gasteiger partial charge in [0.1, 0.15) is 0 Å². The third-order valence-electron chi connectivity index (χ3n) is 5.35. The number of likely N-dealkylation sites (tertiary alicyclic amines) is 1. The number of amides is 1. The van der Waals surface area contributed by atoms with E-state index in [1.807, 2.05) is 11.9 Å². The van der Waals surface area contributed by atoms with E-state index in [2.05, 4.69) is 11.9 Å². The van der Waals surface area contributed by atoms with Gasteiger partial charge in [-0.15, -0.1) is 0 Å². The fourth-order valence-corrected chi connectivity index (χ4v) is 3.89. The van der Waals surface area contributed by atoms with Gasteiger partial charge in [-0.1, -0.05) is 12.8 Å². The van der Waals surface area contributed by atoms with Crippen LogP contribution in [0.4, 0.5) is 0 Å². The van der Waals surface area contributed by atoms with Gasteiger partial charge in [0, 0.05) is 19.5 Å². The summed E-state index contributed by atoms with van der Waals surface area (Å²) in [6.45, 7) is 2.06. The zero-order valence-corrected chi connectivity index (χ0v) is 13.3. The molecule has 0 spiro atoms. The highest BCUT2D eigenvalue weighted by atomic mass is 16.4. The smallest absolute Gasteiger partial charge is 0.303 e. The molecule has 5 heteroatoms. The predicted molar refractivity (Wildman–Crippen MR) is 81.1 cm³/mol. The van der Waals surface area contributed by atoms with Gasteiger partial charge in [0.25, 0.3) is 0 Å². The number of hydrogen-bond acceptors (Lipinski definition) is 3. The molecule has 5 nitrogen and oxygen atoms in total. The molecule has 0 aromatic rings. The second-order valence-corrected chi connectivity index (χ2v) is 6.99. The molecule has 120 valence electrons. The maximum Gasteiger partial charge on any atom is 0.303 e. The van der Waals surface area contributed by atoms with Gasteiger partial charge >= 0.3 is 5.97 Å². The van der Waals surface area contributed by atoms with Crippen molar-refractivity contribution in [3.8, 4) is 0 Å². The van der Waals surface area contributed by atoms with Crippen LogP contribution in [0.15, 0.2) is 0 Å². The minimum atomic E-state index is -0.772. The lowest BCUT2D eigenvalue weighted by Crippen LogP contribution is -2.45. The Morgan fingerprint density at radius 2 is 1.76 bits per heavy atom. The number of piperidine rings is 1. The summed E-state index contributed by atoms with van der Waals surface area (Å²) in [7, 11) is 4.00. The highest BCUT2D eigenvalue weighted by molar-refractivity contribution is 5.78. The highest BCUT2D eigenvalue weighted by Gasteiger charge is 2.39. The van der Waals surface area contributed by atoms with Crippen molar-refractivity contribution in [2.75, 3.05) is 27.2 Å². The lowest BCUT2D eigenvalue weighted by Gasteiger charge is -2.37. The summed E-state index contributed by atoms with van der Waals surface area (Å²) in [5, 5.41) is 9.14. The first kappa shape index (κ1) is 16.3. The van der Waals surface area contributed by atoms with Gasteiger partial charge in [-0.05, 0) is 51.2 Å². The maximum atomic E-state index is 12.6. The Bertz CT molecular complexity index is 383. The number of carbonyl (C=O) groups is 2. The Kier molecular flexibility index (Phi) is 5.25. The molecular weight excluding hydrogens is 268 g/mol. The Morgan fingerprint density at radius 1 is 1.19 bits per heavy atom. The number of carbonyl (C=O) groups excluding carboxylic acids is 1. The maximum absolute atomic E-state index is 12.6. The van der Waals surface area contributed by atoms with Crippen molar-refractivity contribution >= 4 is 11.9 Å². The molecule has 1 saturated heterocycles. The molecule has 0 radical (unpaired) electrons. The average Bonchev–Trinajstić information content (AvgIpc) is 2.86. The van der Waals surface area contributed by atoms with Gasteiger partial charge in [-0.2, -0.15) is 0 Å². The quantitative estimate of drug-likeness (QED) is 0.842. The molecule has 21 heavy (non-hydrogen) atoms. The molecule has 1 amide bonds. The first-order valence-electron chi connectivity index (χ1n) is 8.08. The van der Waals surface area contributed by atoms with Crippen LogP contribution < -0.4 is 0 Å². The third kappa shape index (κ3) is 4.19. The van der Waals surface area contributed by atoms with Gasteiger partial charge in [0.2, 0.25) is 5.91 Å². The highest BCUT2D eigenvalue weighted by Crippen LogP contribution is 2.44. The van der Waals surface area contributed by atoms with Gasteiger partial charge in [0.15, 0.2) is 0 Å². The van der Waals surface area contributed by atoms with Crippen molar-refractivity contribution in [3.05, 3.63) is 0 Å². The van der Waals surface area contributed by atoms with E-state index in [0.29, 0.717) is 12.5 Å². The minimum Gasteiger partial charge on any atom is -0.481 e. The van der Waals surface area contributed by atoms with E-state index in [1.54, 1.807) is 0 Å². The fraction of sp³-hybridized carbons (Fsp3) is 0.875. The van der Waals surface area contributed by atoms with E-state index in [0.717, 1.165) is 51.6 Å². The van der Waals surface area contributed by atoms with Crippen molar-refractivity contribution in [2.24, 2.45) is 5.41 Å². The van der Waals surface area contributed by atoms with E-state index in [-0.39, 0.29) is 17.7 Å². The Hall–Kier alpha value is -1.10. The number of nitrogens with zero attached hydrogens (tertiary/aromatic N) is 2. The number of rotatable bonds is 5. The molecule has 1 aliphatic carbocycles. The van der Waals surface area contributed by atoms with Gasteiger partial charge in [-0.25, -0.2) is 0 Å². The summed E-state index contributed by atoms with van der Waals surface area (Å²) in [6.07, 6.45) is 6.45. The Morgan fingerprint density at radius 3 is 2.29 bits per heavy atom. The van der Waals surface area contributed by atoms with E-state index in [4.69, 9.17) is 5.11 Å². The van der Waals surface area contributed by atoms with Crippen LogP contribution in [0, 0.1) is 5.41 Å². The molecule has 2 fully saturated rings. The van der Waals surface area contributed by atoms with Crippen LogP contribution in [-0.2, 0) is 9.59 Å². The summed E-state index contributed by atoms with van der Waals surface area (Å²) >= 11 is 0. The topological polar surface area (TPSA) is 60.9 Å². The predicted octanol–water partition coefficient (Wildman–Crippen LogP) is 1.96. The normalized spacial score (nSPS) is 23.1. The number of carboxylic acid groups (broad SMARTS) is 1.